The molecular weight excluding hydrogens is 432 g/mol. The lowest BCUT2D eigenvalue weighted by Gasteiger charge is -2.20. The van der Waals surface area contributed by atoms with Crippen LogP contribution in [-0.4, -0.2) is 41.8 Å². The van der Waals surface area contributed by atoms with Crippen LogP contribution >= 0.6 is 0 Å². The number of aliphatic carboxylic acids is 1. The molecule has 0 unspecified atom stereocenters. The topological polar surface area (TPSA) is 105 Å². The van der Waals surface area contributed by atoms with Crippen LogP contribution in [0.5, 0.6) is 0 Å². The van der Waals surface area contributed by atoms with E-state index in [0.717, 1.165) is 24.0 Å². The van der Waals surface area contributed by atoms with E-state index in [2.05, 4.69) is 34.9 Å². The van der Waals surface area contributed by atoms with Crippen molar-refractivity contribution in [3.63, 3.8) is 0 Å². The molecule has 180 valence electrons. The summed E-state index contributed by atoms with van der Waals surface area (Å²) in [6.45, 7) is 2.15. The molecule has 0 aromatic heterocycles. The van der Waals surface area contributed by atoms with Crippen LogP contribution in [0.3, 0.4) is 0 Å². The quantitative estimate of drug-likeness (QED) is 0.508. The van der Waals surface area contributed by atoms with Crippen LogP contribution in [0.1, 0.15) is 62.5 Å². The fourth-order valence-corrected chi connectivity index (χ4v) is 5.25. The van der Waals surface area contributed by atoms with Gasteiger partial charge in [0.15, 0.2) is 0 Å². The molecule has 2 aromatic rings. The van der Waals surface area contributed by atoms with Gasteiger partial charge in [0.1, 0.15) is 6.61 Å². The van der Waals surface area contributed by atoms with Crippen molar-refractivity contribution in [3.05, 3.63) is 59.7 Å². The zero-order valence-electron chi connectivity index (χ0n) is 19.5. The smallest absolute Gasteiger partial charge is 0.407 e. The average Bonchev–Trinajstić information content (AvgIpc) is 3.38. The van der Waals surface area contributed by atoms with Gasteiger partial charge in [-0.1, -0.05) is 55.5 Å². The molecule has 0 saturated heterocycles. The summed E-state index contributed by atoms with van der Waals surface area (Å²) >= 11 is 0. The Bertz CT molecular complexity index is 1010. The second kappa shape index (κ2) is 10.7. The number of rotatable bonds is 9. The highest BCUT2D eigenvalue weighted by atomic mass is 16.5. The minimum atomic E-state index is -0.796. The lowest BCUT2D eigenvalue weighted by Crippen LogP contribution is -2.41. The van der Waals surface area contributed by atoms with E-state index >= 15 is 0 Å². The van der Waals surface area contributed by atoms with Crippen molar-refractivity contribution in [1.82, 2.24) is 10.6 Å². The van der Waals surface area contributed by atoms with Gasteiger partial charge in [0, 0.05) is 30.8 Å². The maximum atomic E-state index is 12.5. The number of carbonyl (C=O) groups excluding carboxylic acids is 2. The number of fused-ring (bicyclic) bond motifs is 3. The van der Waals surface area contributed by atoms with Crippen LogP contribution in [0.2, 0.25) is 0 Å². The van der Waals surface area contributed by atoms with Crippen molar-refractivity contribution >= 4 is 18.0 Å². The van der Waals surface area contributed by atoms with Crippen LogP contribution in [0.15, 0.2) is 48.5 Å². The molecule has 2 aliphatic rings. The molecule has 3 atom stereocenters. The average molecular weight is 465 g/mol. The van der Waals surface area contributed by atoms with Crippen LogP contribution in [0, 0.1) is 5.92 Å². The van der Waals surface area contributed by atoms with Gasteiger partial charge < -0.3 is 20.5 Å². The summed E-state index contributed by atoms with van der Waals surface area (Å²) in [5, 5.41) is 14.8. The summed E-state index contributed by atoms with van der Waals surface area (Å²) in [4.78, 5) is 35.9. The zero-order valence-corrected chi connectivity index (χ0v) is 19.5. The molecule has 0 spiro atoms. The van der Waals surface area contributed by atoms with E-state index in [1.54, 1.807) is 0 Å². The van der Waals surface area contributed by atoms with E-state index in [0.29, 0.717) is 12.8 Å². The van der Waals surface area contributed by atoms with E-state index in [1.165, 1.54) is 11.1 Å². The van der Waals surface area contributed by atoms with Crippen LogP contribution in [0.4, 0.5) is 4.79 Å². The normalized spacial score (nSPS) is 19.7. The third-order valence-corrected chi connectivity index (χ3v) is 6.96. The number of nitrogens with one attached hydrogen (secondary N) is 2. The van der Waals surface area contributed by atoms with Crippen molar-refractivity contribution in [2.24, 2.45) is 5.92 Å². The molecule has 0 radical (unpaired) electrons. The first-order chi connectivity index (χ1) is 16.4. The van der Waals surface area contributed by atoms with Gasteiger partial charge in [-0.05, 0) is 53.9 Å². The fraction of sp³-hybridized carbons (Fsp3) is 0.444. The standard InChI is InChI=1S/C27H32N2O5/c1-2-18(15-25(30)28-19-12-11-17(13-19)14-26(31)32)29-27(33)34-16-24-22-9-5-3-7-20(22)21-8-4-6-10-23(21)24/h3-10,17-19,24H,2,11-16H2,1H3,(H,28,30)(H,29,33)(H,31,32)/t17-,18-,19+/m0/s1. The molecule has 0 aliphatic heterocycles. The lowest BCUT2D eigenvalue weighted by molar-refractivity contribution is -0.138. The number of carboxylic acids is 1. The van der Waals surface area contributed by atoms with Gasteiger partial charge in [0.25, 0.3) is 0 Å². The number of alkyl carbamates (subject to hydrolysis) is 1. The van der Waals surface area contributed by atoms with Crippen LogP contribution in [-0.2, 0) is 14.3 Å². The molecule has 7 nitrogen and oxygen atoms in total. The van der Waals surface area contributed by atoms with Gasteiger partial charge in [-0.2, -0.15) is 0 Å². The van der Waals surface area contributed by atoms with Crippen molar-refractivity contribution in [3.8, 4) is 11.1 Å². The third kappa shape index (κ3) is 5.58. The molecule has 2 aromatic carbocycles. The Morgan fingerprint density at radius 1 is 1.03 bits per heavy atom. The highest BCUT2D eigenvalue weighted by molar-refractivity contribution is 5.79. The lowest BCUT2D eigenvalue weighted by atomic mass is 9.98. The second-order valence-corrected chi connectivity index (χ2v) is 9.32. The molecule has 0 bridgehead atoms. The van der Waals surface area contributed by atoms with E-state index in [4.69, 9.17) is 9.84 Å². The summed E-state index contributed by atoms with van der Waals surface area (Å²) in [5.41, 5.74) is 4.65. The number of hydrogen-bond acceptors (Lipinski definition) is 4. The molecule has 2 aliphatic carbocycles. The molecule has 2 amide bonds. The van der Waals surface area contributed by atoms with Crippen molar-refractivity contribution in [1.29, 1.82) is 0 Å². The molecule has 3 N–H and O–H groups in total. The first-order valence-electron chi connectivity index (χ1n) is 12.1. The fourth-order valence-electron chi connectivity index (χ4n) is 5.25. The van der Waals surface area contributed by atoms with E-state index in [1.807, 2.05) is 31.2 Å². The third-order valence-electron chi connectivity index (χ3n) is 6.96. The van der Waals surface area contributed by atoms with E-state index in [9.17, 15) is 14.4 Å². The zero-order chi connectivity index (χ0) is 24.1. The highest BCUT2D eigenvalue weighted by Crippen LogP contribution is 2.44. The van der Waals surface area contributed by atoms with Gasteiger partial charge in [0.2, 0.25) is 5.91 Å². The molecule has 34 heavy (non-hydrogen) atoms. The molecule has 1 fully saturated rings. The van der Waals surface area contributed by atoms with Crippen molar-refractivity contribution in [2.45, 2.75) is 63.5 Å². The predicted octanol–water partition coefficient (Wildman–Crippen LogP) is 4.45. The van der Waals surface area contributed by atoms with Crippen LogP contribution in [0.25, 0.3) is 11.1 Å². The predicted molar refractivity (Wildman–Crippen MR) is 128 cm³/mol. The minimum Gasteiger partial charge on any atom is -0.481 e. The van der Waals surface area contributed by atoms with Crippen LogP contribution < -0.4 is 10.6 Å². The molecule has 1 saturated carbocycles. The summed E-state index contributed by atoms with van der Waals surface area (Å²) in [6.07, 6.45) is 2.68. The summed E-state index contributed by atoms with van der Waals surface area (Å²) in [6, 6.07) is 16.0. The molecule has 7 heteroatoms. The Morgan fingerprint density at radius 2 is 1.68 bits per heavy atom. The van der Waals surface area contributed by atoms with Gasteiger partial charge in [-0.3, -0.25) is 9.59 Å². The Hall–Kier alpha value is -3.35. The SMILES string of the molecule is CC[C@@H](CC(=O)N[C@@H]1CC[C@H](CC(=O)O)C1)NC(=O)OCC1c2ccccc2-c2ccccc21. The van der Waals surface area contributed by atoms with Gasteiger partial charge >= 0.3 is 12.1 Å². The maximum Gasteiger partial charge on any atom is 0.407 e. The second-order valence-electron chi connectivity index (χ2n) is 9.32. The summed E-state index contributed by atoms with van der Waals surface area (Å²) in [5.74, 6) is -0.826. The number of benzene rings is 2. The Balaban J connectivity index is 1.26. The summed E-state index contributed by atoms with van der Waals surface area (Å²) in [7, 11) is 0. The number of amides is 2. The number of carboxylic acid groups (broad SMARTS) is 1. The van der Waals surface area contributed by atoms with Gasteiger partial charge in [-0.15, -0.1) is 0 Å². The van der Waals surface area contributed by atoms with E-state index < -0.39 is 12.1 Å². The number of ether oxygens (including phenoxy) is 1. The molecule has 0 heterocycles. The Morgan fingerprint density at radius 3 is 2.29 bits per heavy atom. The molecule has 4 rings (SSSR count). The largest absolute Gasteiger partial charge is 0.481 e. The Kier molecular flexibility index (Phi) is 7.50. The van der Waals surface area contributed by atoms with Gasteiger partial charge in [-0.25, -0.2) is 4.79 Å². The van der Waals surface area contributed by atoms with Crippen molar-refractivity contribution in [2.75, 3.05) is 6.61 Å². The Labute approximate surface area is 199 Å². The van der Waals surface area contributed by atoms with Gasteiger partial charge in [0.05, 0.1) is 0 Å². The van der Waals surface area contributed by atoms with E-state index in [-0.39, 0.29) is 49.3 Å². The first-order valence-corrected chi connectivity index (χ1v) is 12.1. The highest BCUT2D eigenvalue weighted by Gasteiger charge is 2.30. The number of hydrogen-bond donors (Lipinski definition) is 3. The first kappa shape index (κ1) is 23.8. The monoisotopic (exact) mass is 464 g/mol. The minimum absolute atomic E-state index is 0.00353. The molecular formula is C27H32N2O5. The number of carbonyl (C=O) groups is 3. The maximum absolute atomic E-state index is 12.5. The summed E-state index contributed by atoms with van der Waals surface area (Å²) < 4.78 is 5.60. The van der Waals surface area contributed by atoms with Crippen molar-refractivity contribution < 1.29 is 24.2 Å².